The maximum atomic E-state index is 11.9. The molecule has 0 spiro atoms. The molecule has 1 aliphatic rings. The van der Waals surface area contributed by atoms with E-state index < -0.39 is 24.7 Å². The van der Waals surface area contributed by atoms with Gasteiger partial charge in [0.15, 0.2) is 5.78 Å². The zero-order valence-corrected chi connectivity index (χ0v) is 8.65. The van der Waals surface area contributed by atoms with Gasteiger partial charge >= 0.3 is 0 Å². The van der Waals surface area contributed by atoms with Crippen LogP contribution in [0.25, 0.3) is 0 Å². The predicted octanol–water partition coefficient (Wildman–Crippen LogP) is 0.145. The second-order valence-electron chi connectivity index (χ2n) is 3.78. The van der Waals surface area contributed by atoms with Crippen LogP contribution in [0, 0.1) is 0 Å². The highest BCUT2D eigenvalue weighted by Gasteiger charge is 2.35. The summed E-state index contributed by atoms with van der Waals surface area (Å²) in [6.07, 6.45) is 0.443. The van der Waals surface area contributed by atoms with Crippen LogP contribution in [0.3, 0.4) is 0 Å². The second kappa shape index (κ2) is 4.55. The number of nitrogens with zero attached hydrogens (tertiary/aromatic N) is 1. The van der Waals surface area contributed by atoms with Gasteiger partial charge in [-0.05, 0) is 5.56 Å². The van der Waals surface area contributed by atoms with Crippen LogP contribution >= 0.6 is 0 Å². The lowest BCUT2D eigenvalue weighted by molar-refractivity contribution is -0.122. The van der Waals surface area contributed by atoms with Crippen molar-refractivity contribution in [3.63, 3.8) is 0 Å². The van der Waals surface area contributed by atoms with Crippen LogP contribution in [0.2, 0.25) is 0 Å². The summed E-state index contributed by atoms with van der Waals surface area (Å²) in [5.41, 5.74) is 0.865. The van der Waals surface area contributed by atoms with Crippen molar-refractivity contribution >= 4 is 12.0 Å². The lowest BCUT2D eigenvalue weighted by Crippen LogP contribution is -2.34. The van der Waals surface area contributed by atoms with E-state index in [-0.39, 0.29) is 5.78 Å². The number of benzene rings is 1. The summed E-state index contributed by atoms with van der Waals surface area (Å²) in [4.78, 5) is 15.9. The Morgan fingerprint density at radius 2 is 2.00 bits per heavy atom. The molecule has 0 bridgehead atoms. The summed E-state index contributed by atoms with van der Waals surface area (Å²) >= 11 is 0. The van der Waals surface area contributed by atoms with E-state index in [1.54, 1.807) is 6.21 Å². The quantitative estimate of drug-likeness (QED) is 0.760. The first kappa shape index (κ1) is 11.0. The van der Waals surface area contributed by atoms with Gasteiger partial charge in [0, 0.05) is 6.21 Å². The number of aliphatic hydroxyl groups excluding tert-OH is 2. The maximum absolute atomic E-state index is 11.9. The Balaban J connectivity index is 2.18. The Hall–Kier alpha value is -1.52. The van der Waals surface area contributed by atoms with Gasteiger partial charge in [0.1, 0.15) is 12.1 Å². The van der Waals surface area contributed by atoms with Gasteiger partial charge in [-0.1, -0.05) is 30.3 Å². The number of carbonyl (C=O) groups excluding carboxylic acids is 1. The standard InChI is InChI=1S/C12H13NO3/c14-7-10(15)11-12(16)9(6-13-11)8-4-2-1-3-5-8/h1-6,9-11,14-15H,7H2. The van der Waals surface area contributed by atoms with Gasteiger partial charge in [-0.3, -0.25) is 9.79 Å². The van der Waals surface area contributed by atoms with Crippen LogP contribution in [-0.2, 0) is 4.79 Å². The van der Waals surface area contributed by atoms with Crippen molar-refractivity contribution in [2.75, 3.05) is 6.61 Å². The molecule has 1 aliphatic heterocycles. The summed E-state index contributed by atoms with van der Waals surface area (Å²) in [7, 11) is 0. The molecular formula is C12H13NO3. The van der Waals surface area contributed by atoms with Crippen LogP contribution in [0.4, 0.5) is 0 Å². The number of aliphatic hydroxyl groups is 2. The van der Waals surface area contributed by atoms with Crippen molar-refractivity contribution in [1.82, 2.24) is 0 Å². The lowest BCUT2D eigenvalue weighted by atomic mass is 9.93. The van der Waals surface area contributed by atoms with Gasteiger partial charge in [-0.25, -0.2) is 0 Å². The summed E-state index contributed by atoms with van der Waals surface area (Å²) in [6.45, 7) is -0.449. The Morgan fingerprint density at radius 1 is 1.31 bits per heavy atom. The van der Waals surface area contributed by atoms with E-state index in [1.807, 2.05) is 30.3 Å². The molecule has 0 saturated carbocycles. The molecule has 16 heavy (non-hydrogen) atoms. The Bertz CT molecular complexity index is 402. The van der Waals surface area contributed by atoms with Crippen LogP contribution in [-0.4, -0.2) is 41.0 Å². The molecule has 1 aromatic rings. The topological polar surface area (TPSA) is 69.9 Å². The third kappa shape index (κ3) is 1.89. The number of carbonyl (C=O) groups is 1. The first-order valence-electron chi connectivity index (χ1n) is 5.15. The minimum absolute atomic E-state index is 0.159. The molecule has 2 N–H and O–H groups in total. The van der Waals surface area contributed by atoms with Crippen molar-refractivity contribution in [2.24, 2.45) is 4.99 Å². The number of rotatable bonds is 3. The average Bonchev–Trinajstić information content (AvgIpc) is 2.71. The monoisotopic (exact) mass is 219 g/mol. The summed E-state index contributed by atoms with van der Waals surface area (Å²) in [5, 5.41) is 18.2. The molecule has 3 unspecified atom stereocenters. The van der Waals surface area contributed by atoms with Crippen molar-refractivity contribution in [3.8, 4) is 0 Å². The average molecular weight is 219 g/mol. The first-order chi connectivity index (χ1) is 7.74. The Kier molecular flexibility index (Phi) is 3.12. The maximum Gasteiger partial charge on any atom is 0.172 e. The van der Waals surface area contributed by atoms with E-state index in [9.17, 15) is 9.90 Å². The minimum Gasteiger partial charge on any atom is -0.394 e. The molecular weight excluding hydrogens is 206 g/mol. The highest BCUT2D eigenvalue weighted by molar-refractivity contribution is 6.08. The van der Waals surface area contributed by atoms with Gasteiger partial charge in [0.25, 0.3) is 0 Å². The largest absolute Gasteiger partial charge is 0.394 e. The molecule has 84 valence electrons. The predicted molar refractivity (Wildman–Crippen MR) is 59.6 cm³/mol. The number of hydrogen-bond acceptors (Lipinski definition) is 4. The minimum atomic E-state index is -1.10. The van der Waals surface area contributed by atoms with E-state index in [1.165, 1.54) is 0 Å². The van der Waals surface area contributed by atoms with Gasteiger partial charge in [0.2, 0.25) is 0 Å². The Morgan fingerprint density at radius 3 is 2.62 bits per heavy atom. The molecule has 4 nitrogen and oxygen atoms in total. The molecule has 0 saturated heterocycles. The van der Waals surface area contributed by atoms with Crippen molar-refractivity contribution in [1.29, 1.82) is 0 Å². The van der Waals surface area contributed by atoms with E-state index in [0.717, 1.165) is 5.56 Å². The third-order valence-corrected chi connectivity index (χ3v) is 2.70. The van der Waals surface area contributed by atoms with E-state index in [2.05, 4.69) is 4.99 Å². The van der Waals surface area contributed by atoms with Crippen LogP contribution in [0.15, 0.2) is 35.3 Å². The van der Waals surface area contributed by atoms with Crippen molar-refractivity contribution < 1.29 is 15.0 Å². The molecule has 3 atom stereocenters. The molecule has 4 heteroatoms. The number of ketones is 1. The smallest absolute Gasteiger partial charge is 0.172 e. The van der Waals surface area contributed by atoms with Crippen LogP contribution in [0.1, 0.15) is 11.5 Å². The normalized spacial score (nSPS) is 26.0. The zero-order chi connectivity index (χ0) is 11.5. The SMILES string of the molecule is O=C1C(c2ccccc2)C=NC1C(O)CO. The molecule has 2 rings (SSSR count). The van der Waals surface area contributed by atoms with Gasteiger partial charge in [0.05, 0.1) is 12.5 Å². The lowest BCUT2D eigenvalue weighted by Gasteiger charge is -2.13. The molecule has 1 heterocycles. The van der Waals surface area contributed by atoms with Gasteiger partial charge in [-0.2, -0.15) is 0 Å². The van der Waals surface area contributed by atoms with Gasteiger partial charge < -0.3 is 10.2 Å². The van der Waals surface area contributed by atoms with Crippen LogP contribution < -0.4 is 0 Å². The summed E-state index contributed by atoms with van der Waals surface area (Å²) in [5.74, 6) is -0.555. The van der Waals surface area contributed by atoms with Crippen LogP contribution in [0.5, 0.6) is 0 Å². The highest BCUT2D eigenvalue weighted by atomic mass is 16.3. The molecule has 0 aromatic heterocycles. The van der Waals surface area contributed by atoms with Gasteiger partial charge in [-0.15, -0.1) is 0 Å². The second-order valence-corrected chi connectivity index (χ2v) is 3.78. The van der Waals surface area contributed by atoms with E-state index >= 15 is 0 Å². The molecule has 0 aliphatic carbocycles. The summed E-state index contributed by atoms with van der Waals surface area (Å²) in [6, 6.07) is 8.46. The molecule has 0 amide bonds. The fourth-order valence-corrected chi connectivity index (χ4v) is 1.81. The third-order valence-electron chi connectivity index (χ3n) is 2.70. The zero-order valence-electron chi connectivity index (χ0n) is 8.65. The number of Topliss-reactive ketones (excluding diaryl/α,β-unsaturated/α-hetero) is 1. The highest BCUT2D eigenvalue weighted by Crippen LogP contribution is 2.23. The number of aliphatic imine (C=N–C) groups is 1. The molecule has 0 radical (unpaired) electrons. The summed E-state index contributed by atoms with van der Waals surface area (Å²) < 4.78 is 0. The first-order valence-corrected chi connectivity index (χ1v) is 5.15. The number of hydrogen-bond donors (Lipinski definition) is 2. The fourth-order valence-electron chi connectivity index (χ4n) is 1.81. The molecule has 0 fully saturated rings. The van der Waals surface area contributed by atoms with Crippen molar-refractivity contribution in [2.45, 2.75) is 18.1 Å². The van der Waals surface area contributed by atoms with Crippen molar-refractivity contribution in [3.05, 3.63) is 35.9 Å². The molecule has 1 aromatic carbocycles. The Labute approximate surface area is 93.3 Å². The van der Waals surface area contributed by atoms with E-state index in [4.69, 9.17) is 5.11 Å². The van der Waals surface area contributed by atoms with E-state index in [0.29, 0.717) is 0 Å². The fraction of sp³-hybridized carbons (Fsp3) is 0.333.